The highest BCUT2D eigenvalue weighted by Gasteiger charge is 2.28. The lowest BCUT2D eigenvalue weighted by Crippen LogP contribution is -2.22. The number of amides is 1. The van der Waals surface area contributed by atoms with Gasteiger partial charge in [0.15, 0.2) is 9.84 Å². The zero-order chi connectivity index (χ0) is 14.8. The lowest BCUT2D eigenvalue weighted by atomic mass is 10.3. The van der Waals surface area contributed by atoms with E-state index in [1.807, 2.05) is 6.92 Å². The number of anilines is 2. The number of carbonyl (C=O) groups is 1. The molecule has 108 valence electrons. The minimum atomic E-state index is -3.48. The van der Waals surface area contributed by atoms with Crippen LogP contribution in [0.4, 0.5) is 10.7 Å². The quantitative estimate of drug-likeness (QED) is 0.844. The normalized spacial score (nSPS) is 11.4. The molecule has 6 nitrogen and oxygen atoms in total. The third-order valence-electron chi connectivity index (χ3n) is 2.62. The topological polar surface area (TPSA) is 92.5 Å². The van der Waals surface area contributed by atoms with Gasteiger partial charge in [-0.15, -0.1) is 11.3 Å². The van der Waals surface area contributed by atoms with E-state index < -0.39 is 9.84 Å². The number of sulfone groups is 1. The number of hydrogen-bond donors (Lipinski definition) is 2. The van der Waals surface area contributed by atoms with Crippen LogP contribution in [0.2, 0.25) is 0 Å². The fraction of sp³-hybridized carbons (Fsp3) is 0.545. The predicted molar refractivity (Wildman–Crippen MR) is 78.8 cm³/mol. The van der Waals surface area contributed by atoms with Crippen molar-refractivity contribution in [1.82, 2.24) is 5.32 Å². The molecule has 0 spiro atoms. The van der Waals surface area contributed by atoms with Crippen molar-refractivity contribution in [3.8, 4) is 0 Å². The zero-order valence-corrected chi connectivity index (χ0v) is 13.1. The first-order valence-electron chi connectivity index (χ1n) is 5.85. The summed E-state index contributed by atoms with van der Waals surface area (Å²) in [6.07, 6.45) is 1.10. The molecule has 1 heterocycles. The highest BCUT2D eigenvalue weighted by atomic mass is 32.2. The molecule has 1 aromatic heterocycles. The minimum Gasteiger partial charge on any atom is -0.396 e. The maximum atomic E-state index is 11.9. The van der Waals surface area contributed by atoms with E-state index in [4.69, 9.17) is 5.73 Å². The largest absolute Gasteiger partial charge is 0.396 e. The molecule has 1 rings (SSSR count). The fourth-order valence-corrected chi connectivity index (χ4v) is 4.26. The minimum absolute atomic E-state index is 0.0359. The van der Waals surface area contributed by atoms with Crippen molar-refractivity contribution in [2.45, 2.75) is 18.7 Å². The highest BCUT2D eigenvalue weighted by Crippen LogP contribution is 2.40. The lowest BCUT2D eigenvalue weighted by molar-refractivity contribution is 0.0960. The summed E-state index contributed by atoms with van der Waals surface area (Å²) in [5, 5.41) is 3.13. The van der Waals surface area contributed by atoms with Crippen LogP contribution in [0.15, 0.2) is 4.90 Å². The Morgan fingerprint density at radius 2 is 2.00 bits per heavy atom. The van der Waals surface area contributed by atoms with E-state index in [9.17, 15) is 13.2 Å². The molecule has 0 aliphatic rings. The van der Waals surface area contributed by atoms with E-state index in [0.29, 0.717) is 18.1 Å². The maximum Gasteiger partial charge on any atom is 0.263 e. The van der Waals surface area contributed by atoms with Crippen LogP contribution >= 0.6 is 11.3 Å². The molecule has 0 aliphatic carbocycles. The average Bonchev–Trinajstić information content (AvgIpc) is 2.66. The number of nitrogens with two attached hydrogens (primary N) is 1. The maximum absolute atomic E-state index is 11.9. The van der Waals surface area contributed by atoms with Gasteiger partial charge in [-0.25, -0.2) is 8.42 Å². The standard InChI is InChI=1S/C11H19N3O3S2/c1-5-13-10(15)8-7(12)9(19(4,16)17)11(18-8)14(3)6-2/h5-6,12H2,1-4H3,(H,13,15). The third-order valence-corrected chi connectivity index (χ3v) is 5.22. The van der Waals surface area contributed by atoms with Crippen molar-refractivity contribution in [2.24, 2.45) is 0 Å². The SMILES string of the molecule is CCNC(=O)c1sc(N(C)CC)c(S(C)(=O)=O)c1N. The van der Waals surface area contributed by atoms with E-state index >= 15 is 0 Å². The van der Waals surface area contributed by atoms with E-state index in [1.165, 1.54) is 0 Å². The van der Waals surface area contributed by atoms with Crippen LogP contribution in [0.5, 0.6) is 0 Å². The number of rotatable bonds is 5. The summed E-state index contributed by atoms with van der Waals surface area (Å²) in [7, 11) is -1.72. The van der Waals surface area contributed by atoms with Crippen LogP contribution < -0.4 is 16.0 Å². The number of hydrogen-bond acceptors (Lipinski definition) is 6. The molecule has 1 amide bonds. The molecular formula is C11H19N3O3S2. The van der Waals surface area contributed by atoms with Crippen molar-refractivity contribution < 1.29 is 13.2 Å². The number of nitrogen functional groups attached to an aromatic ring is 1. The van der Waals surface area contributed by atoms with Gasteiger partial charge in [-0.1, -0.05) is 0 Å². The lowest BCUT2D eigenvalue weighted by Gasteiger charge is -2.15. The van der Waals surface area contributed by atoms with Gasteiger partial charge in [0.05, 0.1) is 5.69 Å². The second-order valence-electron chi connectivity index (χ2n) is 4.12. The van der Waals surface area contributed by atoms with Crippen molar-refractivity contribution >= 4 is 37.8 Å². The third kappa shape index (κ3) is 3.19. The van der Waals surface area contributed by atoms with Gasteiger partial charge in [-0.2, -0.15) is 0 Å². The van der Waals surface area contributed by atoms with Crippen molar-refractivity contribution in [1.29, 1.82) is 0 Å². The molecule has 0 bridgehead atoms. The molecule has 0 saturated heterocycles. The molecule has 0 saturated carbocycles. The Kier molecular flexibility index (Phi) is 4.81. The van der Waals surface area contributed by atoms with Gasteiger partial charge in [-0.05, 0) is 13.8 Å². The molecular weight excluding hydrogens is 286 g/mol. The molecule has 0 radical (unpaired) electrons. The number of nitrogens with one attached hydrogen (secondary N) is 1. The fourth-order valence-electron chi connectivity index (χ4n) is 1.58. The van der Waals surface area contributed by atoms with Crippen molar-refractivity contribution in [2.75, 3.05) is 37.0 Å². The Bertz CT molecular complexity index is 578. The molecule has 3 N–H and O–H groups in total. The van der Waals surface area contributed by atoms with Crippen LogP contribution in [0, 0.1) is 0 Å². The van der Waals surface area contributed by atoms with E-state index in [2.05, 4.69) is 5.32 Å². The molecule has 0 unspecified atom stereocenters. The molecule has 0 aromatic carbocycles. The predicted octanol–water partition coefficient (Wildman–Crippen LogP) is 0.940. The summed E-state index contributed by atoms with van der Waals surface area (Å²) < 4.78 is 23.7. The zero-order valence-electron chi connectivity index (χ0n) is 11.5. The van der Waals surface area contributed by atoms with E-state index in [0.717, 1.165) is 17.6 Å². The smallest absolute Gasteiger partial charge is 0.263 e. The molecule has 0 atom stereocenters. The summed E-state index contributed by atoms with van der Waals surface area (Å²) in [4.78, 5) is 13.9. The summed E-state index contributed by atoms with van der Waals surface area (Å²) in [5.41, 5.74) is 5.89. The van der Waals surface area contributed by atoms with Gasteiger partial charge in [0.2, 0.25) is 0 Å². The van der Waals surface area contributed by atoms with Gasteiger partial charge < -0.3 is 16.0 Å². The monoisotopic (exact) mass is 305 g/mol. The van der Waals surface area contributed by atoms with Crippen LogP contribution in [0.3, 0.4) is 0 Å². The first-order valence-corrected chi connectivity index (χ1v) is 8.56. The van der Waals surface area contributed by atoms with Crippen LogP contribution in [0.1, 0.15) is 23.5 Å². The summed E-state index contributed by atoms with van der Waals surface area (Å²) in [6, 6.07) is 0. The average molecular weight is 305 g/mol. The van der Waals surface area contributed by atoms with Gasteiger partial charge in [-0.3, -0.25) is 4.79 Å². The highest BCUT2D eigenvalue weighted by molar-refractivity contribution is 7.91. The van der Waals surface area contributed by atoms with E-state index in [1.54, 1.807) is 18.9 Å². The molecule has 19 heavy (non-hydrogen) atoms. The summed E-state index contributed by atoms with van der Waals surface area (Å²) >= 11 is 1.10. The number of nitrogens with zero attached hydrogens (tertiary/aromatic N) is 1. The number of carbonyl (C=O) groups excluding carboxylic acids is 1. The van der Waals surface area contributed by atoms with E-state index in [-0.39, 0.29) is 21.4 Å². The van der Waals surface area contributed by atoms with Gasteiger partial charge in [0, 0.05) is 26.4 Å². The van der Waals surface area contributed by atoms with Crippen LogP contribution in [-0.4, -0.2) is 40.7 Å². The second-order valence-corrected chi connectivity index (χ2v) is 7.08. The van der Waals surface area contributed by atoms with Crippen molar-refractivity contribution in [3.05, 3.63) is 4.88 Å². The van der Waals surface area contributed by atoms with Gasteiger partial charge in [0.25, 0.3) is 5.91 Å². The Morgan fingerprint density at radius 3 is 2.42 bits per heavy atom. The first-order chi connectivity index (χ1) is 8.73. The Balaban J connectivity index is 3.48. The Hall–Kier alpha value is -1.28. The Morgan fingerprint density at radius 1 is 1.42 bits per heavy atom. The molecule has 0 fully saturated rings. The van der Waals surface area contributed by atoms with Crippen LogP contribution in [0.25, 0.3) is 0 Å². The van der Waals surface area contributed by atoms with Crippen LogP contribution in [-0.2, 0) is 9.84 Å². The molecule has 0 aliphatic heterocycles. The molecule has 8 heteroatoms. The van der Waals surface area contributed by atoms with Gasteiger partial charge >= 0.3 is 0 Å². The van der Waals surface area contributed by atoms with Crippen molar-refractivity contribution in [3.63, 3.8) is 0 Å². The first kappa shape index (κ1) is 15.8. The molecule has 1 aromatic rings. The van der Waals surface area contributed by atoms with Gasteiger partial charge in [0.1, 0.15) is 14.8 Å². The summed E-state index contributed by atoms with van der Waals surface area (Å²) in [6.45, 7) is 4.77. The number of thiophene rings is 1. The summed E-state index contributed by atoms with van der Waals surface area (Å²) in [5.74, 6) is -0.342. The second kappa shape index (κ2) is 5.79. The Labute approximate surface area is 117 Å².